The van der Waals surface area contributed by atoms with Crippen LogP contribution in [-0.4, -0.2) is 30.3 Å². The molecule has 108 valence electrons. The lowest BCUT2D eigenvalue weighted by atomic mass is 10.2. The molecule has 6 heteroatoms. The van der Waals surface area contributed by atoms with Crippen LogP contribution in [0.2, 0.25) is 0 Å². The van der Waals surface area contributed by atoms with Gasteiger partial charge in [-0.15, -0.1) is 0 Å². The van der Waals surface area contributed by atoms with E-state index in [9.17, 15) is 10.1 Å². The fourth-order valence-corrected chi connectivity index (χ4v) is 2.25. The second-order valence-electron chi connectivity index (χ2n) is 5.32. The van der Waals surface area contributed by atoms with E-state index in [1.807, 2.05) is 6.07 Å². The molecule has 1 saturated heterocycles. The van der Waals surface area contributed by atoms with E-state index >= 15 is 0 Å². The maximum Gasteiger partial charge on any atom is 0.311 e. The summed E-state index contributed by atoms with van der Waals surface area (Å²) in [7, 11) is 0. The maximum absolute atomic E-state index is 11.2. The van der Waals surface area contributed by atoms with Gasteiger partial charge < -0.3 is 14.8 Å². The van der Waals surface area contributed by atoms with Crippen LogP contribution >= 0.6 is 0 Å². The lowest BCUT2D eigenvalue weighted by Crippen LogP contribution is -2.17. The molecule has 1 aromatic rings. The van der Waals surface area contributed by atoms with Crippen LogP contribution < -0.4 is 10.1 Å². The molecule has 1 aliphatic heterocycles. The largest absolute Gasteiger partial charge is 0.481 e. The van der Waals surface area contributed by atoms with Crippen LogP contribution in [0, 0.1) is 10.1 Å². The summed E-state index contributed by atoms with van der Waals surface area (Å²) < 4.78 is 10.9. The van der Waals surface area contributed by atoms with Gasteiger partial charge in [-0.3, -0.25) is 10.1 Å². The maximum atomic E-state index is 11.2. The number of ether oxygens (including phenoxy) is 2. The molecule has 0 aromatic heterocycles. The highest BCUT2D eigenvalue weighted by Gasteiger charge is 2.24. The molecule has 0 spiro atoms. The molecule has 1 N–H and O–H groups in total. The first-order valence-corrected chi connectivity index (χ1v) is 6.97. The van der Waals surface area contributed by atoms with Crippen LogP contribution in [0.3, 0.4) is 0 Å². The first kappa shape index (κ1) is 13.3. The van der Waals surface area contributed by atoms with Crippen molar-refractivity contribution in [3.8, 4) is 5.75 Å². The molecule has 1 heterocycles. The first-order valence-electron chi connectivity index (χ1n) is 6.97. The minimum Gasteiger partial charge on any atom is -0.481 e. The number of benzene rings is 1. The average molecular weight is 278 g/mol. The highest BCUT2D eigenvalue weighted by atomic mass is 16.6. The van der Waals surface area contributed by atoms with Crippen LogP contribution in [0.1, 0.15) is 24.8 Å². The minimum absolute atomic E-state index is 0.0343. The van der Waals surface area contributed by atoms with Gasteiger partial charge in [0.05, 0.1) is 18.1 Å². The van der Waals surface area contributed by atoms with Crippen molar-refractivity contribution in [3.63, 3.8) is 0 Å². The Hall–Kier alpha value is -1.66. The SMILES string of the molecule is O=[N+]([O-])c1cc(CNC2CC2)ccc1OC1CCOC1. The molecule has 1 aliphatic carbocycles. The zero-order chi connectivity index (χ0) is 13.9. The van der Waals surface area contributed by atoms with E-state index < -0.39 is 0 Å². The van der Waals surface area contributed by atoms with E-state index in [0.29, 0.717) is 31.5 Å². The number of nitrogens with one attached hydrogen (secondary N) is 1. The third kappa shape index (κ3) is 3.26. The highest BCUT2D eigenvalue weighted by molar-refractivity contribution is 5.48. The third-order valence-corrected chi connectivity index (χ3v) is 3.57. The standard InChI is InChI=1S/C14H18N2O4/c17-16(18)13-7-10(8-15-11-2-3-11)1-4-14(13)20-12-5-6-19-9-12/h1,4,7,11-12,15H,2-3,5-6,8-9H2. The predicted molar refractivity (Wildman–Crippen MR) is 72.8 cm³/mol. The summed E-state index contributed by atoms with van der Waals surface area (Å²) in [5.74, 6) is 0.334. The summed E-state index contributed by atoms with van der Waals surface area (Å²) in [4.78, 5) is 10.8. The third-order valence-electron chi connectivity index (χ3n) is 3.57. The van der Waals surface area contributed by atoms with Crippen LogP contribution in [0.15, 0.2) is 18.2 Å². The topological polar surface area (TPSA) is 73.6 Å². The number of nitro groups is 1. The normalized spacial score (nSPS) is 21.9. The Bertz CT molecular complexity index is 496. The van der Waals surface area contributed by atoms with Crippen LogP contribution in [-0.2, 0) is 11.3 Å². The van der Waals surface area contributed by atoms with Gasteiger partial charge in [-0.1, -0.05) is 6.07 Å². The molecule has 3 rings (SSSR count). The summed E-state index contributed by atoms with van der Waals surface area (Å²) >= 11 is 0. The van der Waals surface area contributed by atoms with Gasteiger partial charge in [0.2, 0.25) is 0 Å². The van der Waals surface area contributed by atoms with Crippen LogP contribution in [0.25, 0.3) is 0 Å². The molecule has 20 heavy (non-hydrogen) atoms. The molecule has 1 atom stereocenters. The molecule has 0 radical (unpaired) electrons. The second-order valence-corrected chi connectivity index (χ2v) is 5.32. The van der Waals surface area contributed by atoms with Crippen molar-refractivity contribution in [1.29, 1.82) is 0 Å². The van der Waals surface area contributed by atoms with E-state index in [2.05, 4.69) is 5.32 Å². The van der Waals surface area contributed by atoms with Crippen molar-refractivity contribution in [1.82, 2.24) is 5.32 Å². The molecule has 1 unspecified atom stereocenters. The summed E-state index contributed by atoms with van der Waals surface area (Å²) in [6, 6.07) is 5.76. The predicted octanol–water partition coefficient (Wildman–Crippen LogP) is 2.01. The summed E-state index contributed by atoms with van der Waals surface area (Å²) in [6.45, 7) is 1.82. The Kier molecular flexibility index (Phi) is 3.84. The quantitative estimate of drug-likeness (QED) is 0.636. The zero-order valence-electron chi connectivity index (χ0n) is 11.2. The first-order chi connectivity index (χ1) is 9.72. The molecule has 2 fully saturated rings. The van der Waals surface area contributed by atoms with E-state index in [1.54, 1.807) is 12.1 Å². The Labute approximate surface area is 117 Å². The Morgan fingerprint density at radius 1 is 1.40 bits per heavy atom. The van der Waals surface area contributed by atoms with Gasteiger partial charge in [-0.25, -0.2) is 0 Å². The Morgan fingerprint density at radius 2 is 2.25 bits per heavy atom. The van der Waals surface area contributed by atoms with Gasteiger partial charge in [0.1, 0.15) is 6.10 Å². The molecule has 6 nitrogen and oxygen atoms in total. The molecular formula is C14H18N2O4. The fourth-order valence-electron chi connectivity index (χ4n) is 2.25. The van der Waals surface area contributed by atoms with E-state index in [0.717, 1.165) is 12.0 Å². The van der Waals surface area contributed by atoms with Crippen LogP contribution in [0.4, 0.5) is 5.69 Å². The van der Waals surface area contributed by atoms with Gasteiger partial charge in [0, 0.05) is 25.1 Å². The number of nitro benzene ring substituents is 1. The Balaban J connectivity index is 1.72. The molecule has 1 aromatic carbocycles. The number of rotatable bonds is 6. The van der Waals surface area contributed by atoms with E-state index in [-0.39, 0.29) is 16.7 Å². The molecule has 0 amide bonds. The lowest BCUT2D eigenvalue weighted by molar-refractivity contribution is -0.386. The fraction of sp³-hybridized carbons (Fsp3) is 0.571. The number of nitrogens with zero attached hydrogens (tertiary/aromatic N) is 1. The molecule has 1 saturated carbocycles. The summed E-state index contributed by atoms with van der Waals surface area (Å²) in [5, 5.41) is 14.5. The summed E-state index contributed by atoms with van der Waals surface area (Å²) in [5.41, 5.74) is 0.950. The van der Waals surface area contributed by atoms with Gasteiger partial charge in [-0.2, -0.15) is 0 Å². The molecule has 0 bridgehead atoms. The molecular weight excluding hydrogens is 260 g/mol. The summed E-state index contributed by atoms with van der Waals surface area (Å²) in [6.07, 6.45) is 3.10. The average Bonchev–Trinajstić information content (AvgIpc) is 3.13. The van der Waals surface area contributed by atoms with Gasteiger partial charge in [-0.05, 0) is 24.5 Å². The van der Waals surface area contributed by atoms with Gasteiger partial charge in [0.15, 0.2) is 5.75 Å². The number of hydrogen-bond acceptors (Lipinski definition) is 5. The highest BCUT2D eigenvalue weighted by Crippen LogP contribution is 2.30. The second kappa shape index (κ2) is 5.76. The van der Waals surface area contributed by atoms with Crippen LogP contribution in [0.5, 0.6) is 5.75 Å². The minimum atomic E-state index is -0.383. The van der Waals surface area contributed by atoms with Crippen molar-refractivity contribution in [2.75, 3.05) is 13.2 Å². The van der Waals surface area contributed by atoms with Crippen molar-refractivity contribution in [3.05, 3.63) is 33.9 Å². The van der Waals surface area contributed by atoms with Crippen molar-refractivity contribution in [2.24, 2.45) is 0 Å². The van der Waals surface area contributed by atoms with E-state index in [4.69, 9.17) is 9.47 Å². The van der Waals surface area contributed by atoms with Crippen molar-refractivity contribution >= 4 is 5.69 Å². The Morgan fingerprint density at radius 3 is 2.90 bits per heavy atom. The molecule has 2 aliphatic rings. The van der Waals surface area contributed by atoms with E-state index in [1.165, 1.54) is 12.8 Å². The lowest BCUT2D eigenvalue weighted by Gasteiger charge is -2.12. The smallest absolute Gasteiger partial charge is 0.311 e. The van der Waals surface area contributed by atoms with Gasteiger partial charge >= 0.3 is 5.69 Å². The number of hydrogen-bond donors (Lipinski definition) is 1. The van der Waals surface area contributed by atoms with Crippen molar-refractivity contribution in [2.45, 2.75) is 38.0 Å². The van der Waals surface area contributed by atoms with Crippen molar-refractivity contribution < 1.29 is 14.4 Å². The zero-order valence-corrected chi connectivity index (χ0v) is 11.2. The van der Waals surface area contributed by atoms with Gasteiger partial charge in [0.25, 0.3) is 0 Å². The monoisotopic (exact) mass is 278 g/mol.